The van der Waals surface area contributed by atoms with Gasteiger partial charge in [-0.3, -0.25) is 18.7 Å². The number of anilines is 1. The second kappa shape index (κ2) is 22.5. The molecule has 1 saturated heterocycles. The summed E-state index contributed by atoms with van der Waals surface area (Å²) >= 11 is 6.60. The van der Waals surface area contributed by atoms with Crippen LogP contribution in [0.2, 0.25) is 5.02 Å². The Labute approximate surface area is 432 Å². The van der Waals surface area contributed by atoms with Crippen molar-refractivity contribution in [1.82, 2.24) is 5.06 Å². The van der Waals surface area contributed by atoms with E-state index in [4.69, 9.17) is 21.4 Å². The van der Waals surface area contributed by atoms with Gasteiger partial charge in [0.2, 0.25) is 0 Å². The smallest absolute Gasteiger partial charge is 1.00 e. The molecule has 17 nitrogen and oxygen atoms in total. The molecule has 0 bridgehead atoms. The number of hydroxylamine groups is 2. The van der Waals surface area contributed by atoms with Crippen molar-refractivity contribution in [2.24, 2.45) is 4.99 Å². The van der Waals surface area contributed by atoms with Crippen molar-refractivity contribution in [3.05, 3.63) is 112 Å². The summed E-state index contributed by atoms with van der Waals surface area (Å²) in [5.41, 5.74) is 4.49. The number of rotatable bonds is 21. The summed E-state index contributed by atoms with van der Waals surface area (Å²) in [6.45, 7) is 8.51. The molecule has 368 valence electrons. The summed E-state index contributed by atoms with van der Waals surface area (Å²) in [5, 5.41) is 0.999. The van der Waals surface area contributed by atoms with Gasteiger partial charge in [-0.25, -0.2) is 17.8 Å². The average Bonchev–Trinajstić information content (AvgIpc) is 3.78. The van der Waals surface area contributed by atoms with Crippen LogP contribution in [0, 0.1) is 0 Å². The number of fused-ring (bicyclic) bond motifs is 2. The summed E-state index contributed by atoms with van der Waals surface area (Å²) in [4.78, 5) is 47.9. The predicted octanol–water partition coefficient (Wildman–Crippen LogP) is 3.99. The Morgan fingerprint density at radius 2 is 1.55 bits per heavy atom. The zero-order chi connectivity index (χ0) is 49.8. The molecule has 2 N–H and O–H groups in total. The first-order chi connectivity index (χ1) is 31.7. The molecule has 6 rings (SSSR count). The first kappa shape index (κ1) is 55.8. The van der Waals surface area contributed by atoms with E-state index in [1.54, 1.807) is 12.3 Å². The molecule has 3 aliphatic rings. The minimum atomic E-state index is -4.80. The van der Waals surface area contributed by atoms with Crippen molar-refractivity contribution in [2.45, 2.75) is 114 Å². The molecule has 0 radical (unpaired) electrons. The molecular formula is C47H56ClN4NaO13S3. The van der Waals surface area contributed by atoms with Gasteiger partial charge in [-0.15, -0.1) is 5.06 Å². The molecule has 0 saturated carbocycles. The van der Waals surface area contributed by atoms with Crippen molar-refractivity contribution in [1.29, 1.82) is 0 Å². The third-order valence-electron chi connectivity index (χ3n) is 12.2. The minimum Gasteiger partial charge on any atom is -1.00 e. The van der Waals surface area contributed by atoms with Crippen LogP contribution >= 0.6 is 11.6 Å². The standard InChI is InChI=1S/C47H55ClN4O13S3.Na.H/c1-46(2)38-29-35(48)31-50(24-7-9-26-66(56,57)58)45(38)49-40(46)20-16-33(34-14-11-13-32(28-34)12-5-6-15-44(55)65-52-42(53)22-23-43(52)54)17-21-41-47(3,4)37-30-36(68(62,63)64)18-19-39(37)51(41)25-8-10-27-67(59,60)61;;/h11,13-14,16-21,28-31H,5-10,12,15,22-27H2,1-4H3,(H2-,56,57,58,59,60,61,62,63,64);;/q;+1;-1. The van der Waals surface area contributed by atoms with Gasteiger partial charge in [-0.2, -0.15) is 16.8 Å². The van der Waals surface area contributed by atoms with Crippen LogP contribution in [0.25, 0.3) is 5.57 Å². The van der Waals surface area contributed by atoms with Gasteiger partial charge in [-0.05, 0) is 122 Å². The Morgan fingerprint density at radius 1 is 0.884 bits per heavy atom. The zero-order valence-corrected chi connectivity index (χ0v) is 44.4. The molecule has 69 heavy (non-hydrogen) atoms. The molecule has 1 aromatic heterocycles. The molecule has 0 atom stereocenters. The first-order valence-electron chi connectivity index (χ1n) is 22.1. The molecule has 2 amide bonds. The number of benzene rings is 2. The van der Waals surface area contributed by atoms with E-state index in [9.17, 15) is 53.3 Å². The number of nitrogens with zero attached hydrogens (tertiary/aromatic N) is 4. The number of amides is 2. The molecule has 0 aliphatic carbocycles. The number of aromatic nitrogens is 1. The van der Waals surface area contributed by atoms with Crippen LogP contribution < -0.4 is 39.0 Å². The van der Waals surface area contributed by atoms with Crippen LogP contribution in [0.5, 0.6) is 0 Å². The van der Waals surface area contributed by atoms with Gasteiger partial charge in [0.1, 0.15) is 16.3 Å². The van der Waals surface area contributed by atoms with E-state index in [2.05, 4.69) is 0 Å². The number of carbonyl (C=O) groups is 3. The number of halogens is 1. The van der Waals surface area contributed by atoms with Crippen molar-refractivity contribution in [3.63, 3.8) is 0 Å². The first-order valence-corrected chi connectivity index (χ1v) is 27.1. The van der Waals surface area contributed by atoms with E-state index in [0.717, 1.165) is 28.0 Å². The van der Waals surface area contributed by atoms with Gasteiger partial charge in [0.15, 0.2) is 5.71 Å². The van der Waals surface area contributed by atoms with E-state index in [1.807, 2.05) is 91.8 Å². The Kier molecular flexibility index (Phi) is 18.2. The Balaban J connectivity index is 0.00000533. The van der Waals surface area contributed by atoms with Gasteiger partial charge in [-0.1, -0.05) is 61.9 Å². The molecule has 1 fully saturated rings. The quantitative estimate of drug-likeness (QED) is 0.0383. The SMILES string of the molecule is CC1(C)C(=CC=C(C=CC2=Nc3c(cc(Cl)c[n+]3CCCCS(=O)(=O)O)C2(C)C)c2cccc(CCCCC(=O)ON3C(=O)CCC3=O)c2)N(CCCCS(=O)(=O)O)c2ccc(S(=O)(=O)[O-])cc21.[H-].[Na+]. The number of imide groups is 1. The minimum absolute atomic E-state index is 0. The normalized spacial score (nSPS) is 17.4. The maximum Gasteiger partial charge on any atom is 1.00 e. The van der Waals surface area contributed by atoms with E-state index in [0.29, 0.717) is 78.1 Å². The van der Waals surface area contributed by atoms with Crippen molar-refractivity contribution in [3.8, 4) is 0 Å². The second-order valence-corrected chi connectivity index (χ2v) is 23.0. The summed E-state index contributed by atoms with van der Waals surface area (Å²) in [7, 11) is -13.1. The maximum atomic E-state index is 12.5. The van der Waals surface area contributed by atoms with Gasteiger partial charge < -0.3 is 15.7 Å². The van der Waals surface area contributed by atoms with Crippen molar-refractivity contribution >= 4 is 82.5 Å². The topological polar surface area (TPSA) is 249 Å². The molecule has 2 aromatic carbocycles. The van der Waals surface area contributed by atoms with Crippen LogP contribution in [0.15, 0.2) is 94.6 Å². The van der Waals surface area contributed by atoms with E-state index >= 15 is 0 Å². The largest absolute Gasteiger partial charge is 1.00 e. The molecule has 4 heterocycles. The zero-order valence-electron chi connectivity index (χ0n) is 40.2. The summed E-state index contributed by atoms with van der Waals surface area (Å²) in [6, 6.07) is 13.8. The van der Waals surface area contributed by atoms with E-state index in [-0.39, 0.29) is 73.7 Å². The fourth-order valence-corrected chi connectivity index (χ4v) is 10.4. The number of hydrogen-bond donors (Lipinski definition) is 2. The fourth-order valence-electron chi connectivity index (χ4n) is 8.56. The Bertz CT molecular complexity index is 2960. The number of aryl methyl sites for hydroxylation is 2. The molecular weight excluding hydrogens is 983 g/mol. The molecule has 3 aliphatic heterocycles. The number of unbranched alkanes of at least 4 members (excludes halogenated alkanes) is 3. The van der Waals surface area contributed by atoms with Crippen LogP contribution in [-0.4, -0.2) is 85.5 Å². The number of carbonyl (C=O) groups excluding carboxylic acids is 3. The average molecular weight is 1040 g/mol. The number of aliphatic imine (C=N–C) groups is 1. The molecule has 0 spiro atoms. The van der Waals surface area contributed by atoms with Gasteiger partial charge >= 0.3 is 41.3 Å². The van der Waals surface area contributed by atoms with Crippen molar-refractivity contribution < 1.29 is 93.7 Å². The third-order valence-corrected chi connectivity index (χ3v) is 14.9. The summed E-state index contributed by atoms with van der Waals surface area (Å²) in [5.74, 6) is -1.93. The van der Waals surface area contributed by atoms with E-state index < -0.39 is 64.7 Å². The van der Waals surface area contributed by atoms with Crippen molar-refractivity contribution in [2.75, 3.05) is 23.0 Å². The third kappa shape index (κ3) is 14.3. The predicted molar refractivity (Wildman–Crippen MR) is 255 cm³/mol. The number of allylic oxidation sites excluding steroid dienone is 6. The van der Waals surface area contributed by atoms with E-state index in [1.165, 1.54) is 12.1 Å². The van der Waals surface area contributed by atoms with Crippen LogP contribution in [0.4, 0.5) is 11.5 Å². The second-order valence-electron chi connectivity index (χ2n) is 18.1. The number of pyridine rings is 1. The van der Waals surface area contributed by atoms with Gasteiger partial charge in [0.05, 0.1) is 38.9 Å². The van der Waals surface area contributed by atoms with Gasteiger partial charge in [0.25, 0.3) is 32.1 Å². The van der Waals surface area contributed by atoms with Crippen LogP contribution in [0.3, 0.4) is 0 Å². The van der Waals surface area contributed by atoms with Gasteiger partial charge in [0, 0.05) is 42.6 Å². The number of hydrogen-bond acceptors (Lipinski definition) is 13. The summed E-state index contributed by atoms with van der Waals surface area (Å²) in [6.07, 6.45) is 12.1. The summed E-state index contributed by atoms with van der Waals surface area (Å²) < 4.78 is 103. The van der Waals surface area contributed by atoms with Crippen LogP contribution in [0.1, 0.15) is 109 Å². The van der Waals surface area contributed by atoms with Crippen LogP contribution in [-0.2, 0) is 73.4 Å². The molecule has 22 heteroatoms. The Morgan fingerprint density at radius 3 is 2.20 bits per heavy atom. The monoisotopic (exact) mass is 1040 g/mol. The fraction of sp³-hybridized carbons (Fsp3) is 0.426. The Hall–Kier alpha value is -4.09. The molecule has 0 unspecified atom stereocenters. The molecule has 3 aromatic rings. The maximum absolute atomic E-state index is 12.5.